The molecule has 2 rings (SSSR count). The number of nitrogens with zero attached hydrogens (tertiary/aromatic N) is 1. The maximum Gasteiger partial charge on any atom is 0.252 e. The standard InChI is InChI=1S/C15H24N2O5S2/c1-12-4-5-14(23-12)24(20,21)17-8-3-6-15(19,7-9-17)11-16-13(18)10-22-2/h4-5,19H,3,6-11H2,1-2H3,(H,16,18). The maximum absolute atomic E-state index is 12.7. The third-order valence-electron chi connectivity index (χ3n) is 4.08. The topological polar surface area (TPSA) is 95.9 Å². The summed E-state index contributed by atoms with van der Waals surface area (Å²) in [6, 6.07) is 3.41. The van der Waals surface area contributed by atoms with Crippen LogP contribution in [0.1, 0.15) is 24.1 Å². The number of thiophene rings is 1. The average molecular weight is 377 g/mol. The number of methoxy groups -OCH3 is 1. The number of carbonyl (C=O) groups is 1. The lowest BCUT2D eigenvalue weighted by Gasteiger charge is -2.27. The zero-order chi connectivity index (χ0) is 17.8. The van der Waals surface area contributed by atoms with Gasteiger partial charge in [-0.2, -0.15) is 4.31 Å². The van der Waals surface area contributed by atoms with Crippen LogP contribution in [0.4, 0.5) is 0 Å². The summed E-state index contributed by atoms with van der Waals surface area (Å²) in [6.07, 6.45) is 1.26. The fraction of sp³-hybridized carbons (Fsp3) is 0.667. The molecule has 0 bridgehead atoms. The fourth-order valence-corrected chi connectivity index (χ4v) is 5.61. The minimum atomic E-state index is -3.52. The zero-order valence-electron chi connectivity index (χ0n) is 13.9. The van der Waals surface area contributed by atoms with Gasteiger partial charge in [-0.3, -0.25) is 4.79 Å². The summed E-state index contributed by atoms with van der Waals surface area (Å²) in [6.45, 7) is 2.51. The number of aryl methyl sites for hydroxylation is 1. The van der Waals surface area contributed by atoms with E-state index in [1.165, 1.54) is 22.8 Å². The van der Waals surface area contributed by atoms with Crippen LogP contribution in [0.2, 0.25) is 0 Å². The summed E-state index contributed by atoms with van der Waals surface area (Å²) in [5, 5.41) is 13.3. The Morgan fingerprint density at radius 1 is 1.42 bits per heavy atom. The molecule has 1 aromatic heterocycles. The molecule has 7 nitrogen and oxygen atoms in total. The predicted molar refractivity (Wildman–Crippen MR) is 91.5 cm³/mol. The van der Waals surface area contributed by atoms with Crippen molar-refractivity contribution in [2.45, 2.75) is 36.0 Å². The normalized spacial score (nSPS) is 23.0. The van der Waals surface area contributed by atoms with Gasteiger partial charge in [0.05, 0.1) is 5.60 Å². The van der Waals surface area contributed by atoms with Gasteiger partial charge in [-0.05, 0) is 38.3 Å². The molecule has 2 N–H and O–H groups in total. The summed E-state index contributed by atoms with van der Waals surface area (Å²) in [7, 11) is -2.10. The molecule has 0 spiro atoms. The van der Waals surface area contributed by atoms with Gasteiger partial charge in [-0.15, -0.1) is 11.3 Å². The predicted octanol–water partition coefficient (Wildman–Crippen LogP) is 0.725. The second-order valence-corrected chi connectivity index (χ2v) is 9.51. The monoisotopic (exact) mass is 376 g/mol. The highest BCUT2D eigenvalue weighted by atomic mass is 32.2. The van der Waals surface area contributed by atoms with E-state index in [0.717, 1.165) is 4.88 Å². The second-order valence-electron chi connectivity index (χ2n) is 6.06. The molecule has 1 saturated heterocycles. The van der Waals surface area contributed by atoms with E-state index in [1.54, 1.807) is 12.1 Å². The molecule has 1 amide bonds. The van der Waals surface area contributed by atoms with Crippen molar-refractivity contribution < 1.29 is 23.1 Å². The van der Waals surface area contributed by atoms with Crippen molar-refractivity contribution in [1.82, 2.24) is 9.62 Å². The summed E-state index contributed by atoms with van der Waals surface area (Å²) in [5.74, 6) is -0.297. The molecule has 0 aliphatic carbocycles. The van der Waals surface area contributed by atoms with E-state index < -0.39 is 15.6 Å². The Bertz CT molecular complexity index is 673. The van der Waals surface area contributed by atoms with Crippen molar-refractivity contribution in [3.63, 3.8) is 0 Å². The number of aliphatic hydroxyl groups is 1. The first-order valence-corrected chi connectivity index (χ1v) is 10.1. The number of hydrogen-bond donors (Lipinski definition) is 2. The van der Waals surface area contributed by atoms with E-state index in [-0.39, 0.29) is 32.0 Å². The van der Waals surface area contributed by atoms with Crippen LogP contribution in [0.25, 0.3) is 0 Å². The third kappa shape index (κ3) is 4.76. The van der Waals surface area contributed by atoms with Crippen LogP contribution in [0.15, 0.2) is 16.3 Å². The lowest BCUT2D eigenvalue weighted by Crippen LogP contribution is -2.44. The van der Waals surface area contributed by atoms with Crippen LogP contribution >= 0.6 is 11.3 Å². The minimum absolute atomic E-state index is 0.0612. The number of ether oxygens (including phenoxy) is 1. The van der Waals surface area contributed by atoms with Crippen molar-refractivity contribution in [2.75, 3.05) is 33.4 Å². The molecule has 1 atom stereocenters. The molecule has 1 unspecified atom stereocenters. The highest BCUT2D eigenvalue weighted by Crippen LogP contribution is 2.28. The molecule has 0 aromatic carbocycles. The van der Waals surface area contributed by atoms with E-state index in [1.807, 2.05) is 6.92 Å². The first-order chi connectivity index (χ1) is 11.3. The number of nitrogens with one attached hydrogen (secondary N) is 1. The number of rotatable bonds is 6. The first-order valence-electron chi connectivity index (χ1n) is 7.81. The summed E-state index contributed by atoms with van der Waals surface area (Å²) in [5.41, 5.74) is -1.10. The Labute approximate surface area is 146 Å². The molecule has 9 heteroatoms. The molecular weight excluding hydrogens is 352 g/mol. The van der Waals surface area contributed by atoms with E-state index in [2.05, 4.69) is 5.32 Å². The minimum Gasteiger partial charge on any atom is -0.388 e. The molecule has 2 heterocycles. The van der Waals surface area contributed by atoms with Gasteiger partial charge in [0.15, 0.2) is 0 Å². The molecule has 0 saturated carbocycles. The summed E-state index contributed by atoms with van der Waals surface area (Å²) in [4.78, 5) is 12.4. The molecule has 136 valence electrons. The highest BCUT2D eigenvalue weighted by Gasteiger charge is 2.35. The van der Waals surface area contributed by atoms with E-state index in [0.29, 0.717) is 23.6 Å². The van der Waals surface area contributed by atoms with Crippen molar-refractivity contribution in [2.24, 2.45) is 0 Å². The summed E-state index contributed by atoms with van der Waals surface area (Å²) < 4.78 is 31.9. The van der Waals surface area contributed by atoms with Gasteiger partial charge in [-0.1, -0.05) is 0 Å². The smallest absolute Gasteiger partial charge is 0.252 e. The van der Waals surface area contributed by atoms with Gasteiger partial charge >= 0.3 is 0 Å². The van der Waals surface area contributed by atoms with Crippen LogP contribution in [0.3, 0.4) is 0 Å². The Balaban J connectivity index is 2.00. The van der Waals surface area contributed by atoms with Gasteiger partial charge in [-0.25, -0.2) is 8.42 Å². The average Bonchev–Trinajstić information content (AvgIpc) is 2.86. The molecule has 1 aliphatic rings. The second kappa shape index (κ2) is 7.92. The number of hydrogen-bond acceptors (Lipinski definition) is 6. The Morgan fingerprint density at radius 3 is 2.79 bits per heavy atom. The van der Waals surface area contributed by atoms with Crippen molar-refractivity contribution in [1.29, 1.82) is 0 Å². The van der Waals surface area contributed by atoms with Gasteiger partial charge in [0.1, 0.15) is 10.8 Å². The van der Waals surface area contributed by atoms with E-state index >= 15 is 0 Å². The quantitative estimate of drug-likeness (QED) is 0.763. The van der Waals surface area contributed by atoms with Gasteiger partial charge in [0.25, 0.3) is 10.0 Å². The largest absolute Gasteiger partial charge is 0.388 e. The molecule has 1 fully saturated rings. The molecule has 1 aliphatic heterocycles. The summed E-state index contributed by atoms with van der Waals surface area (Å²) >= 11 is 1.25. The van der Waals surface area contributed by atoms with Crippen LogP contribution in [0.5, 0.6) is 0 Å². The number of sulfonamides is 1. The Kier molecular flexibility index (Phi) is 6.38. The molecular formula is C15H24N2O5S2. The molecule has 24 heavy (non-hydrogen) atoms. The molecule has 0 radical (unpaired) electrons. The Morgan fingerprint density at radius 2 is 2.17 bits per heavy atom. The lowest BCUT2D eigenvalue weighted by atomic mass is 9.95. The van der Waals surface area contributed by atoms with E-state index in [9.17, 15) is 18.3 Å². The van der Waals surface area contributed by atoms with Gasteiger partial charge in [0, 0.05) is 31.6 Å². The van der Waals surface area contributed by atoms with Crippen LogP contribution in [-0.2, 0) is 19.6 Å². The highest BCUT2D eigenvalue weighted by molar-refractivity contribution is 7.91. The van der Waals surface area contributed by atoms with Gasteiger partial charge in [0.2, 0.25) is 5.91 Å². The molecule has 1 aromatic rings. The van der Waals surface area contributed by atoms with Gasteiger partial charge < -0.3 is 15.2 Å². The first kappa shape index (κ1) is 19.3. The van der Waals surface area contributed by atoms with Crippen molar-refractivity contribution in [3.8, 4) is 0 Å². The van der Waals surface area contributed by atoms with Crippen LogP contribution in [0, 0.1) is 6.92 Å². The number of carbonyl (C=O) groups excluding carboxylic acids is 1. The van der Waals surface area contributed by atoms with Crippen LogP contribution in [-0.4, -0.2) is 62.7 Å². The van der Waals surface area contributed by atoms with Crippen molar-refractivity contribution >= 4 is 27.3 Å². The third-order valence-corrected chi connectivity index (χ3v) is 7.44. The number of amides is 1. The van der Waals surface area contributed by atoms with E-state index in [4.69, 9.17) is 4.74 Å². The lowest BCUT2D eigenvalue weighted by molar-refractivity contribution is -0.126. The van der Waals surface area contributed by atoms with Crippen LogP contribution < -0.4 is 5.32 Å². The van der Waals surface area contributed by atoms with Crippen molar-refractivity contribution in [3.05, 3.63) is 17.0 Å². The fourth-order valence-electron chi connectivity index (χ4n) is 2.69. The maximum atomic E-state index is 12.7. The Hall–Kier alpha value is -1.00. The zero-order valence-corrected chi connectivity index (χ0v) is 15.6. The SMILES string of the molecule is COCC(=O)NCC1(O)CCCN(S(=O)(=O)c2ccc(C)s2)CC1.